The van der Waals surface area contributed by atoms with Gasteiger partial charge in [-0.3, -0.25) is 0 Å². The lowest BCUT2D eigenvalue weighted by Crippen LogP contribution is -1.97. The van der Waals surface area contributed by atoms with E-state index < -0.39 is 0 Å². The number of hydrogen-bond acceptors (Lipinski definition) is 5. The summed E-state index contributed by atoms with van der Waals surface area (Å²) < 4.78 is 5.97. The van der Waals surface area contributed by atoms with E-state index in [0.29, 0.717) is 35.3 Å². The Balaban J connectivity index is 1.41. The van der Waals surface area contributed by atoms with E-state index >= 15 is 0 Å². The van der Waals surface area contributed by atoms with Gasteiger partial charge in [-0.25, -0.2) is 0 Å². The predicted octanol–water partition coefficient (Wildman–Crippen LogP) is 5.26. The zero-order chi connectivity index (χ0) is 22.9. The summed E-state index contributed by atoms with van der Waals surface area (Å²) in [6.45, 7) is 0.546. The molecule has 2 unspecified atom stereocenters. The molecule has 0 aliphatic heterocycles. The van der Waals surface area contributed by atoms with Gasteiger partial charge >= 0.3 is 0 Å². The van der Waals surface area contributed by atoms with Crippen LogP contribution in [0.4, 0.5) is 22.7 Å². The minimum absolute atomic E-state index is 0.284. The highest BCUT2D eigenvalue weighted by Gasteiger charge is 2.52. The number of nitrogens with two attached hydrogens (primary N) is 4. The topological polar surface area (TPSA) is 113 Å². The molecule has 0 radical (unpaired) electrons. The summed E-state index contributed by atoms with van der Waals surface area (Å²) in [4.78, 5) is 0. The second-order valence-corrected chi connectivity index (χ2v) is 8.70. The van der Waals surface area contributed by atoms with Crippen LogP contribution >= 0.6 is 0 Å². The number of ether oxygens (including phenoxy) is 1. The Morgan fingerprint density at radius 1 is 0.515 bits per heavy atom. The molecular formula is C28H28N4O. The number of nitrogen functional groups attached to an aromatic ring is 4. The van der Waals surface area contributed by atoms with E-state index in [-0.39, 0.29) is 11.8 Å². The maximum absolute atomic E-state index is 6.12. The van der Waals surface area contributed by atoms with Crippen molar-refractivity contribution >= 4 is 22.7 Å². The smallest absolute Gasteiger partial charge is 0.119 e. The van der Waals surface area contributed by atoms with Crippen molar-refractivity contribution in [2.24, 2.45) is 0 Å². The Morgan fingerprint density at radius 3 is 1.52 bits per heavy atom. The Labute approximate surface area is 194 Å². The van der Waals surface area contributed by atoms with Crippen LogP contribution in [-0.2, 0) is 6.61 Å². The van der Waals surface area contributed by atoms with E-state index in [1.54, 1.807) is 0 Å². The van der Waals surface area contributed by atoms with Crippen molar-refractivity contribution in [1.82, 2.24) is 0 Å². The summed E-state index contributed by atoms with van der Waals surface area (Å²) in [6.07, 6.45) is 0. The van der Waals surface area contributed by atoms with Crippen LogP contribution in [0.2, 0.25) is 0 Å². The van der Waals surface area contributed by atoms with Gasteiger partial charge in [0, 0.05) is 0 Å². The van der Waals surface area contributed by atoms with E-state index in [1.165, 1.54) is 16.7 Å². The van der Waals surface area contributed by atoms with Gasteiger partial charge in [0.05, 0.1) is 22.7 Å². The molecule has 0 spiro atoms. The maximum atomic E-state index is 6.12. The minimum Gasteiger partial charge on any atom is -0.489 e. The van der Waals surface area contributed by atoms with Crippen LogP contribution < -0.4 is 27.7 Å². The van der Waals surface area contributed by atoms with E-state index in [4.69, 9.17) is 27.7 Å². The molecule has 5 nitrogen and oxygen atoms in total. The molecule has 0 saturated heterocycles. The van der Waals surface area contributed by atoms with Crippen molar-refractivity contribution in [3.05, 3.63) is 113 Å². The molecule has 166 valence electrons. The van der Waals surface area contributed by atoms with Gasteiger partial charge in [-0.05, 0) is 76.4 Å². The first-order chi connectivity index (χ1) is 16.0. The Bertz CT molecular complexity index is 1210. The predicted molar refractivity (Wildman–Crippen MR) is 136 cm³/mol. The first kappa shape index (κ1) is 20.8. The number of rotatable bonds is 6. The Hall–Kier alpha value is -4.12. The molecule has 1 fully saturated rings. The number of anilines is 4. The standard InChI is InChI=1S/C28H28N4O/c29-22-12-8-19(14-24(22)31)27-26(28(27)20-9-13-23(30)25(32)15-20)18-6-10-21(11-7-18)33-16-17-4-2-1-3-5-17/h1-15,26-28H,16,29-32H2. The molecule has 4 aromatic rings. The van der Waals surface area contributed by atoms with E-state index in [2.05, 4.69) is 36.4 Å². The first-order valence-electron chi connectivity index (χ1n) is 11.1. The number of hydrogen-bond donors (Lipinski definition) is 4. The van der Waals surface area contributed by atoms with Crippen LogP contribution in [-0.4, -0.2) is 0 Å². The van der Waals surface area contributed by atoms with Crippen LogP contribution in [0.15, 0.2) is 91.0 Å². The molecule has 0 amide bonds. The third kappa shape index (κ3) is 4.17. The summed E-state index contributed by atoms with van der Waals surface area (Å²) in [5, 5.41) is 0. The van der Waals surface area contributed by atoms with E-state index in [0.717, 1.165) is 11.3 Å². The summed E-state index contributed by atoms with van der Waals surface area (Å²) in [6, 6.07) is 30.4. The highest BCUT2D eigenvalue weighted by molar-refractivity contribution is 5.68. The summed E-state index contributed by atoms with van der Waals surface area (Å²) in [7, 11) is 0. The normalized spacial score (nSPS) is 19.2. The van der Waals surface area contributed by atoms with Crippen molar-refractivity contribution < 1.29 is 4.74 Å². The summed E-state index contributed by atoms with van der Waals surface area (Å²) in [5.74, 6) is 1.73. The average Bonchev–Trinajstić information content (AvgIpc) is 3.58. The van der Waals surface area contributed by atoms with Crippen molar-refractivity contribution in [2.45, 2.75) is 24.4 Å². The van der Waals surface area contributed by atoms with Gasteiger partial charge in [-0.1, -0.05) is 54.6 Å². The lowest BCUT2D eigenvalue weighted by atomic mass is 10.0. The number of benzene rings is 4. The molecule has 1 saturated carbocycles. The largest absolute Gasteiger partial charge is 0.489 e. The second kappa shape index (κ2) is 8.43. The van der Waals surface area contributed by atoms with E-state index in [9.17, 15) is 0 Å². The van der Waals surface area contributed by atoms with Gasteiger partial charge in [-0.2, -0.15) is 0 Å². The third-order valence-corrected chi connectivity index (χ3v) is 6.52. The first-order valence-corrected chi connectivity index (χ1v) is 11.1. The van der Waals surface area contributed by atoms with Crippen LogP contribution in [0.1, 0.15) is 40.0 Å². The highest BCUT2D eigenvalue weighted by Crippen LogP contribution is 2.66. The van der Waals surface area contributed by atoms with Crippen LogP contribution in [0.25, 0.3) is 0 Å². The fourth-order valence-electron chi connectivity index (χ4n) is 4.68. The molecule has 33 heavy (non-hydrogen) atoms. The van der Waals surface area contributed by atoms with Gasteiger partial charge < -0.3 is 27.7 Å². The van der Waals surface area contributed by atoms with Crippen molar-refractivity contribution in [3.63, 3.8) is 0 Å². The zero-order valence-electron chi connectivity index (χ0n) is 18.3. The lowest BCUT2D eigenvalue weighted by Gasteiger charge is -2.08. The molecule has 0 aromatic heterocycles. The van der Waals surface area contributed by atoms with Crippen molar-refractivity contribution in [1.29, 1.82) is 0 Å². The zero-order valence-corrected chi connectivity index (χ0v) is 18.3. The molecule has 4 aromatic carbocycles. The third-order valence-electron chi connectivity index (χ3n) is 6.52. The minimum atomic E-state index is 0.284. The molecule has 2 atom stereocenters. The molecular weight excluding hydrogens is 408 g/mol. The van der Waals surface area contributed by atoms with Crippen molar-refractivity contribution in [3.8, 4) is 5.75 Å². The van der Waals surface area contributed by atoms with E-state index in [1.807, 2.05) is 54.6 Å². The lowest BCUT2D eigenvalue weighted by molar-refractivity contribution is 0.306. The van der Waals surface area contributed by atoms with Crippen LogP contribution in [0.5, 0.6) is 5.75 Å². The quantitative estimate of drug-likeness (QED) is 0.308. The van der Waals surface area contributed by atoms with Gasteiger partial charge in [0.2, 0.25) is 0 Å². The Morgan fingerprint density at radius 2 is 1.00 bits per heavy atom. The molecule has 0 heterocycles. The van der Waals surface area contributed by atoms with Gasteiger partial charge in [-0.15, -0.1) is 0 Å². The molecule has 1 aliphatic carbocycles. The molecule has 5 rings (SSSR count). The monoisotopic (exact) mass is 436 g/mol. The van der Waals surface area contributed by atoms with Gasteiger partial charge in [0.25, 0.3) is 0 Å². The van der Waals surface area contributed by atoms with Gasteiger partial charge in [0.15, 0.2) is 0 Å². The molecule has 5 heteroatoms. The molecule has 8 N–H and O–H groups in total. The maximum Gasteiger partial charge on any atom is 0.119 e. The SMILES string of the molecule is Nc1ccc(C2C(c3ccc(OCc4ccccc4)cc3)C2c2ccc(N)c(N)c2)cc1N. The summed E-state index contributed by atoms with van der Waals surface area (Å²) in [5.41, 5.74) is 31.3. The molecule has 0 bridgehead atoms. The van der Waals surface area contributed by atoms with Crippen LogP contribution in [0.3, 0.4) is 0 Å². The second-order valence-electron chi connectivity index (χ2n) is 8.70. The highest BCUT2D eigenvalue weighted by atomic mass is 16.5. The average molecular weight is 437 g/mol. The fraction of sp³-hybridized carbons (Fsp3) is 0.143. The fourth-order valence-corrected chi connectivity index (χ4v) is 4.68. The summed E-state index contributed by atoms with van der Waals surface area (Å²) >= 11 is 0. The van der Waals surface area contributed by atoms with Crippen molar-refractivity contribution in [2.75, 3.05) is 22.9 Å². The van der Waals surface area contributed by atoms with Crippen LogP contribution in [0, 0.1) is 0 Å². The van der Waals surface area contributed by atoms with Gasteiger partial charge in [0.1, 0.15) is 12.4 Å². The molecule has 1 aliphatic rings. The Kier molecular flexibility index (Phi) is 5.31.